The molecule has 0 spiro atoms. The smallest absolute Gasteiger partial charge is 0.481 e. The van der Waals surface area contributed by atoms with Crippen LogP contribution < -0.4 is 15.4 Å². The minimum Gasteiger partial charge on any atom is -0.481 e. The summed E-state index contributed by atoms with van der Waals surface area (Å²) in [5, 5.41) is 21.8. The number of halogens is 3. The van der Waals surface area contributed by atoms with Gasteiger partial charge in [-0.25, -0.2) is 0 Å². The summed E-state index contributed by atoms with van der Waals surface area (Å²) in [7, 11) is 0. The Morgan fingerprint density at radius 2 is 1.72 bits per heavy atom. The molecule has 9 nitrogen and oxygen atoms in total. The van der Waals surface area contributed by atoms with Crippen molar-refractivity contribution < 1.29 is 37.0 Å². The lowest BCUT2D eigenvalue weighted by Gasteiger charge is -2.28. The van der Waals surface area contributed by atoms with Gasteiger partial charge < -0.3 is 24.9 Å². The summed E-state index contributed by atoms with van der Waals surface area (Å²) in [6, 6.07) is 12.1. The van der Waals surface area contributed by atoms with E-state index in [4.69, 9.17) is 9.52 Å². The molecule has 190 valence electrons. The molecule has 1 aliphatic rings. The summed E-state index contributed by atoms with van der Waals surface area (Å²) < 4.78 is 45.9. The van der Waals surface area contributed by atoms with E-state index >= 15 is 0 Å². The Morgan fingerprint density at radius 3 is 2.39 bits per heavy atom. The summed E-state index contributed by atoms with van der Waals surface area (Å²) in [6.45, 7) is 0. The number of carboxylic acids is 1. The topological polar surface area (TPSA) is 127 Å². The first-order chi connectivity index (χ1) is 17.1. The maximum Gasteiger partial charge on any atom is 0.573 e. The Labute approximate surface area is 203 Å². The molecule has 2 atom stereocenters. The second-order valence-electron chi connectivity index (χ2n) is 8.51. The van der Waals surface area contributed by atoms with Crippen LogP contribution in [0.4, 0.5) is 30.6 Å². The van der Waals surface area contributed by atoms with Gasteiger partial charge in [-0.1, -0.05) is 23.7 Å². The van der Waals surface area contributed by atoms with Crippen molar-refractivity contribution in [2.24, 2.45) is 5.92 Å². The molecule has 0 aliphatic heterocycles. The third-order valence-electron chi connectivity index (χ3n) is 5.84. The van der Waals surface area contributed by atoms with Gasteiger partial charge in [0, 0.05) is 17.8 Å². The fourth-order valence-electron chi connectivity index (χ4n) is 4.28. The van der Waals surface area contributed by atoms with Gasteiger partial charge in [0.25, 0.3) is 0 Å². The molecular weight excluding hydrogens is 481 g/mol. The highest BCUT2D eigenvalue weighted by molar-refractivity contribution is 6.00. The number of hydrogen-bond donors (Lipinski definition) is 3. The SMILES string of the molecule is O=C(O)CC1CCCC(c2ccc(NC(=O)c3nnc(Nc4ccc(OC(F)(F)F)cc4)o3)cc2)C1. The fourth-order valence-corrected chi connectivity index (χ4v) is 4.28. The minimum atomic E-state index is -4.79. The first-order valence-electron chi connectivity index (χ1n) is 11.2. The van der Waals surface area contributed by atoms with Crippen LogP contribution in [0.15, 0.2) is 52.9 Å². The quantitative estimate of drug-likeness (QED) is 0.356. The van der Waals surface area contributed by atoms with Crippen molar-refractivity contribution in [1.82, 2.24) is 10.2 Å². The van der Waals surface area contributed by atoms with Gasteiger partial charge in [0.1, 0.15) is 5.75 Å². The molecule has 0 radical (unpaired) electrons. The molecule has 3 N–H and O–H groups in total. The number of amides is 1. The molecule has 1 fully saturated rings. The Bertz CT molecular complexity index is 1200. The molecule has 2 aromatic carbocycles. The molecule has 1 aromatic heterocycles. The highest BCUT2D eigenvalue weighted by Gasteiger charge is 2.31. The van der Waals surface area contributed by atoms with E-state index in [9.17, 15) is 22.8 Å². The molecule has 1 heterocycles. The molecule has 0 saturated heterocycles. The van der Waals surface area contributed by atoms with E-state index in [0.29, 0.717) is 11.4 Å². The summed E-state index contributed by atoms with van der Waals surface area (Å²) >= 11 is 0. The molecule has 1 aliphatic carbocycles. The van der Waals surface area contributed by atoms with Crippen molar-refractivity contribution in [3.05, 3.63) is 60.0 Å². The maximum atomic E-state index is 12.5. The largest absolute Gasteiger partial charge is 0.573 e. The van der Waals surface area contributed by atoms with Crippen molar-refractivity contribution in [2.45, 2.75) is 44.4 Å². The zero-order valence-corrected chi connectivity index (χ0v) is 18.9. The van der Waals surface area contributed by atoms with Gasteiger partial charge >= 0.3 is 30.1 Å². The average Bonchev–Trinajstić information content (AvgIpc) is 3.28. The van der Waals surface area contributed by atoms with Gasteiger partial charge in [-0.3, -0.25) is 9.59 Å². The number of alkyl halides is 3. The lowest BCUT2D eigenvalue weighted by Crippen LogP contribution is -2.17. The Morgan fingerprint density at radius 1 is 1.03 bits per heavy atom. The Hall–Kier alpha value is -4.09. The number of aliphatic carboxylic acids is 1. The molecule has 2 unspecified atom stereocenters. The molecular formula is C24H23F3N4O5. The second-order valence-corrected chi connectivity index (χ2v) is 8.51. The van der Waals surface area contributed by atoms with E-state index in [2.05, 4.69) is 25.6 Å². The summed E-state index contributed by atoms with van der Waals surface area (Å²) in [4.78, 5) is 23.5. The first kappa shape index (κ1) is 25.0. The van der Waals surface area contributed by atoms with Gasteiger partial charge in [-0.15, -0.1) is 18.3 Å². The third kappa shape index (κ3) is 6.96. The Kier molecular flexibility index (Phi) is 7.41. The zero-order valence-electron chi connectivity index (χ0n) is 18.9. The van der Waals surface area contributed by atoms with E-state index < -0.39 is 18.2 Å². The van der Waals surface area contributed by atoms with Crippen LogP contribution in [0, 0.1) is 5.92 Å². The number of ether oxygens (including phenoxy) is 1. The number of carbonyl (C=O) groups excluding carboxylic acids is 1. The highest BCUT2D eigenvalue weighted by Crippen LogP contribution is 2.38. The van der Waals surface area contributed by atoms with Crippen molar-refractivity contribution in [3.8, 4) is 5.75 Å². The summed E-state index contributed by atoms with van der Waals surface area (Å²) in [5.74, 6) is -1.63. The van der Waals surface area contributed by atoms with Crippen molar-refractivity contribution in [3.63, 3.8) is 0 Å². The molecule has 12 heteroatoms. The van der Waals surface area contributed by atoms with Crippen molar-refractivity contribution >= 4 is 29.3 Å². The van der Waals surface area contributed by atoms with Crippen LogP contribution in [-0.2, 0) is 4.79 Å². The number of nitrogens with zero attached hydrogens (tertiary/aromatic N) is 2. The van der Waals surface area contributed by atoms with Gasteiger partial charge in [0.15, 0.2) is 0 Å². The second kappa shape index (κ2) is 10.7. The third-order valence-corrected chi connectivity index (χ3v) is 5.84. The maximum absolute atomic E-state index is 12.5. The molecule has 4 rings (SSSR count). The number of aromatic nitrogens is 2. The van der Waals surface area contributed by atoms with Gasteiger partial charge in [-0.05, 0) is 73.1 Å². The number of rotatable bonds is 8. The number of anilines is 3. The van der Waals surface area contributed by atoms with Gasteiger partial charge in [0.05, 0.1) is 0 Å². The van der Waals surface area contributed by atoms with E-state index in [1.165, 1.54) is 12.1 Å². The number of carboxylic acid groups (broad SMARTS) is 1. The van der Waals surface area contributed by atoms with Crippen LogP contribution in [0.1, 0.15) is 54.3 Å². The molecule has 36 heavy (non-hydrogen) atoms. The van der Waals surface area contributed by atoms with E-state index in [0.717, 1.165) is 43.4 Å². The molecule has 1 saturated carbocycles. The zero-order chi connectivity index (χ0) is 25.7. The molecule has 0 bridgehead atoms. The summed E-state index contributed by atoms with van der Waals surface area (Å²) in [5.41, 5.74) is 1.97. The van der Waals surface area contributed by atoms with Crippen LogP contribution in [0.3, 0.4) is 0 Å². The van der Waals surface area contributed by atoms with Crippen LogP contribution in [-0.4, -0.2) is 33.5 Å². The van der Waals surface area contributed by atoms with E-state index in [1.807, 2.05) is 12.1 Å². The van der Waals surface area contributed by atoms with E-state index in [1.54, 1.807) is 12.1 Å². The Balaban J connectivity index is 1.31. The predicted octanol–water partition coefficient (Wildman–Crippen LogP) is 5.71. The molecule has 3 aromatic rings. The lowest BCUT2D eigenvalue weighted by atomic mass is 9.77. The standard InChI is InChI=1S/C24H23F3N4O5/c25-24(26,27)36-19-10-8-18(9-11-19)29-23-31-30-22(35-23)21(34)28-17-6-4-15(5-7-17)16-3-1-2-14(12-16)13-20(32)33/h4-11,14,16H,1-3,12-13H2,(H,28,34)(H,29,31)(H,32,33). The van der Waals surface area contributed by atoms with E-state index in [-0.39, 0.29) is 35.9 Å². The van der Waals surface area contributed by atoms with Crippen molar-refractivity contribution in [1.29, 1.82) is 0 Å². The monoisotopic (exact) mass is 504 g/mol. The number of carbonyl (C=O) groups is 2. The number of benzene rings is 2. The first-order valence-corrected chi connectivity index (χ1v) is 11.2. The van der Waals surface area contributed by atoms with Crippen LogP contribution in [0.25, 0.3) is 0 Å². The van der Waals surface area contributed by atoms with Crippen molar-refractivity contribution in [2.75, 3.05) is 10.6 Å². The average molecular weight is 504 g/mol. The van der Waals surface area contributed by atoms with Crippen LogP contribution >= 0.6 is 0 Å². The fraction of sp³-hybridized carbons (Fsp3) is 0.333. The summed E-state index contributed by atoms with van der Waals surface area (Å²) in [6.07, 6.45) is -0.865. The molecule has 1 amide bonds. The highest BCUT2D eigenvalue weighted by atomic mass is 19.4. The van der Waals surface area contributed by atoms with Crippen LogP contribution in [0.2, 0.25) is 0 Å². The lowest BCUT2D eigenvalue weighted by molar-refractivity contribution is -0.274. The normalized spacial score (nSPS) is 17.9. The number of hydrogen-bond acceptors (Lipinski definition) is 7. The van der Waals surface area contributed by atoms with Gasteiger partial charge in [0.2, 0.25) is 0 Å². The predicted molar refractivity (Wildman–Crippen MR) is 122 cm³/mol. The van der Waals surface area contributed by atoms with Crippen LogP contribution in [0.5, 0.6) is 5.75 Å². The minimum absolute atomic E-state index is 0.117. The van der Waals surface area contributed by atoms with Gasteiger partial charge in [-0.2, -0.15) is 0 Å². The number of nitrogens with one attached hydrogen (secondary N) is 2.